The maximum absolute atomic E-state index is 12.1. The van der Waals surface area contributed by atoms with Gasteiger partial charge in [0.25, 0.3) is 0 Å². The summed E-state index contributed by atoms with van der Waals surface area (Å²) in [5.41, 5.74) is 2.64. The second kappa shape index (κ2) is 8.49. The topological polar surface area (TPSA) is 63.2 Å². The summed E-state index contributed by atoms with van der Waals surface area (Å²) in [6.07, 6.45) is 3.02. The molecule has 0 saturated carbocycles. The molecule has 0 atom stereocenters. The van der Waals surface area contributed by atoms with Crippen LogP contribution in [0.3, 0.4) is 0 Å². The number of carbonyl (C=O) groups is 1. The number of hydrogen-bond donors (Lipinski definition) is 0. The molecule has 0 saturated heterocycles. The first kappa shape index (κ1) is 18.6. The van der Waals surface area contributed by atoms with E-state index in [0.717, 1.165) is 16.7 Å². The van der Waals surface area contributed by atoms with Gasteiger partial charge in [0.05, 0.1) is 14.2 Å². The van der Waals surface area contributed by atoms with Gasteiger partial charge < -0.3 is 23.7 Å². The molecule has 0 aromatic heterocycles. The first-order valence-electron chi connectivity index (χ1n) is 8.56. The quantitative estimate of drug-likeness (QED) is 0.572. The van der Waals surface area contributed by atoms with Crippen molar-refractivity contribution < 1.29 is 28.5 Å². The Morgan fingerprint density at radius 2 is 1.85 bits per heavy atom. The molecule has 142 valence electrons. The lowest BCUT2D eigenvalue weighted by Crippen LogP contribution is -2.16. The van der Waals surface area contributed by atoms with Gasteiger partial charge in [-0.15, -0.1) is 0 Å². The largest absolute Gasteiger partial charge is 0.496 e. The molecular formula is C21H22O6. The first-order chi connectivity index (χ1) is 13.1. The van der Waals surface area contributed by atoms with Crippen molar-refractivity contribution >= 4 is 12.0 Å². The van der Waals surface area contributed by atoms with Crippen LogP contribution in [0.5, 0.6) is 23.0 Å². The second-order valence-corrected chi connectivity index (χ2v) is 6.00. The zero-order valence-electron chi connectivity index (χ0n) is 15.6. The predicted molar refractivity (Wildman–Crippen MR) is 101 cm³/mol. The van der Waals surface area contributed by atoms with Crippen LogP contribution in [0.25, 0.3) is 6.08 Å². The minimum absolute atomic E-state index is 0.137. The van der Waals surface area contributed by atoms with E-state index in [2.05, 4.69) is 0 Å². The number of ether oxygens (including phenoxy) is 5. The van der Waals surface area contributed by atoms with Gasteiger partial charge in [0, 0.05) is 11.6 Å². The van der Waals surface area contributed by atoms with Gasteiger partial charge in [-0.25, -0.2) is 4.79 Å². The molecule has 0 fully saturated rings. The van der Waals surface area contributed by atoms with Gasteiger partial charge in [-0.3, -0.25) is 0 Å². The molecule has 1 aliphatic rings. The Kier molecular flexibility index (Phi) is 5.86. The number of aryl methyl sites for hydroxylation is 1. The SMILES string of the molecule is COc1ccc(C)cc1COC(=O)/C=C/c1cc(OC)c2c(c1)OCCO2. The zero-order chi connectivity index (χ0) is 19.2. The monoisotopic (exact) mass is 370 g/mol. The van der Waals surface area contributed by atoms with Crippen LogP contribution < -0.4 is 18.9 Å². The van der Waals surface area contributed by atoms with Gasteiger partial charge in [0.2, 0.25) is 5.75 Å². The van der Waals surface area contributed by atoms with Crippen LogP contribution >= 0.6 is 0 Å². The Morgan fingerprint density at radius 3 is 2.63 bits per heavy atom. The highest BCUT2D eigenvalue weighted by atomic mass is 16.6. The molecule has 6 heteroatoms. The number of hydrogen-bond acceptors (Lipinski definition) is 6. The van der Waals surface area contributed by atoms with Crippen LogP contribution in [0.15, 0.2) is 36.4 Å². The van der Waals surface area contributed by atoms with Crippen LogP contribution in [0.4, 0.5) is 0 Å². The molecule has 1 heterocycles. The lowest BCUT2D eigenvalue weighted by Gasteiger charge is -2.20. The minimum Gasteiger partial charge on any atom is -0.496 e. The van der Waals surface area contributed by atoms with E-state index in [-0.39, 0.29) is 6.61 Å². The van der Waals surface area contributed by atoms with Crippen LogP contribution in [0.1, 0.15) is 16.7 Å². The van der Waals surface area contributed by atoms with Crippen LogP contribution in [0.2, 0.25) is 0 Å². The predicted octanol–water partition coefficient (Wildman–Crippen LogP) is 3.54. The van der Waals surface area contributed by atoms with Crippen molar-refractivity contribution in [1.82, 2.24) is 0 Å². The number of methoxy groups -OCH3 is 2. The second-order valence-electron chi connectivity index (χ2n) is 6.00. The average molecular weight is 370 g/mol. The fourth-order valence-electron chi connectivity index (χ4n) is 2.77. The van der Waals surface area contributed by atoms with E-state index < -0.39 is 5.97 Å². The van der Waals surface area contributed by atoms with Crippen LogP contribution in [-0.2, 0) is 16.1 Å². The summed E-state index contributed by atoms with van der Waals surface area (Å²) in [5, 5.41) is 0. The molecule has 0 aliphatic carbocycles. The fourth-order valence-corrected chi connectivity index (χ4v) is 2.77. The van der Waals surface area contributed by atoms with E-state index in [4.69, 9.17) is 23.7 Å². The summed E-state index contributed by atoms with van der Waals surface area (Å²) in [5.74, 6) is 1.97. The lowest BCUT2D eigenvalue weighted by atomic mass is 10.1. The van der Waals surface area contributed by atoms with E-state index in [1.165, 1.54) is 6.08 Å². The van der Waals surface area contributed by atoms with E-state index in [0.29, 0.717) is 36.2 Å². The Balaban J connectivity index is 1.68. The number of fused-ring (bicyclic) bond motifs is 1. The molecule has 1 aliphatic heterocycles. The van der Waals surface area contributed by atoms with E-state index in [1.54, 1.807) is 32.4 Å². The molecule has 3 rings (SSSR count). The molecule has 0 N–H and O–H groups in total. The zero-order valence-corrected chi connectivity index (χ0v) is 15.6. The summed E-state index contributed by atoms with van der Waals surface area (Å²) >= 11 is 0. The van der Waals surface area contributed by atoms with Crippen LogP contribution in [-0.4, -0.2) is 33.4 Å². The molecule has 0 unspecified atom stereocenters. The maximum atomic E-state index is 12.1. The Bertz CT molecular complexity index is 839. The van der Waals surface area contributed by atoms with Crippen molar-refractivity contribution in [2.45, 2.75) is 13.5 Å². The summed E-state index contributed by atoms with van der Waals surface area (Å²) in [6.45, 7) is 3.06. The third kappa shape index (κ3) is 4.53. The van der Waals surface area contributed by atoms with Crippen molar-refractivity contribution in [2.24, 2.45) is 0 Å². The van der Waals surface area contributed by atoms with Crippen molar-refractivity contribution in [3.8, 4) is 23.0 Å². The highest BCUT2D eigenvalue weighted by Gasteiger charge is 2.17. The third-order valence-electron chi connectivity index (χ3n) is 4.07. The lowest BCUT2D eigenvalue weighted by molar-refractivity contribution is -0.138. The molecule has 27 heavy (non-hydrogen) atoms. The Morgan fingerprint density at radius 1 is 1.07 bits per heavy atom. The molecule has 0 radical (unpaired) electrons. The average Bonchev–Trinajstić information content (AvgIpc) is 2.70. The standard InChI is InChI=1S/C21H22O6/c1-14-4-6-17(23-2)16(10-14)13-27-20(22)7-5-15-11-18(24-3)21-19(12-15)25-8-9-26-21/h4-7,10-12H,8-9,13H2,1-3H3/b7-5+. The van der Waals surface area contributed by atoms with Crippen molar-refractivity contribution in [3.63, 3.8) is 0 Å². The highest BCUT2D eigenvalue weighted by Crippen LogP contribution is 2.40. The van der Waals surface area contributed by atoms with Crippen molar-refractivity contribution in [2.75, 3.05) is 27.4 Å². The summed E-state index contributed by atoms with van der Waals surface area (Å²) in [7, 11) is 3.15. The van der Waals surface area contributed by atoms with Crippen LogP contribution in [0, 0.1) is 6.92 Å². The van der Waals surface area contributed by atoms with Gasteiger partial charge >= 0.3 is 5.97 Å². The Labute approximate surface area is 158 Å². The number of rotatable bonds is 6. The maximum Gasteiger partial charge on any atom is 0.331 e. The van der Waals surface area contributed by atoms with Gasteiger partial charge in [0.1, 0.15) is 25.6 Å². The molecule has 2 aromatic rings. The molecule has 6 nitrogen and oxygen atoms in total. The van der Waals surface area contributed by atoms with E-state index in [1.807, 2.05) is 25.1 Å². The molecular weight excluding hydrogens is 348 g/mol. The number of esters is 1. The molecule has 0 amide bonds. The van der Waals surface area contributed by atoms with Gasteiger partial charge in [0.15, 0.2) is 11.5 Å². The van der Waals surface area contributed by atoms with Gasteiger partial charge in [-0.1, -0.05) is 11.6 Å². The Hall–Kier alpha value is -3.15. The first-order valence-corrected chi connectivity index (χ1v) is 8.56. The smallest absolute Gasteiger partial charge is 0.331 e. The normalized spacial score (nSPS) is 12.7. The number of carbonyl (C=O) groups excluding carboxylic acids is 1. The molecule has 0 spiro atoms. The van der Waals surface area contributed by atoms with Crippen molar-refractivity contribution in [1.29, 1.82) is 0 Å². The molecule has 0 bridgehead atoms. The highest BCUT2D eigenvalue weighted by molar-refractivity contribution is 5.87. The van der Waals surface area contributed by atoms with Gasteiger partial charge in [-0.05, 0) is 42.8 Å². The van der Waals surface area contributed by atoms with E-state index in [9.17, 15) is 4.79 Å². The van der Waals surface area contributed by atoms with Crippen molar-refractivity contribution in [3.05, 3.63) is 53.1 Å². The summed E-state index contributed by atoms with van der Waals surface area (Å²) in [4.78, 5) is 12.1. The third-order valence-corrected chi connectivity index (χ3v) is 4.07. The molecule has 2 aromatic carbocycles. The minimum atomic E-state index is -0.451. The summed E-state index contributed by atoms with van der Waals surface area (Å²) < 4.78 is 27.1. The number of benzene rings is 2. The fraction of sp³-hybridized carbons (Fsp3) is 0.286. The van der Waals surface area contributed by atoms with Gasteiger partial charge in [-0.2, -0.15) is 0 Å². The van der Waals surface area contributed by atoms with E-state index >= 15 is 0 Å². The summed E-state index contributed by atoms with van der Waals surface area (Å²) in [6, 6.07) is 9.31.